The van der Waals surface area contributed by atoms with Gasteiger partial charge in [0.05, 0.1) is 48.5 Å². The molecule has 4 rings (SSSR count). The Labute approximate surface area is 324 Å². The van der Waals surface area contributed by atoms with Crippen LogP contribution in [0, 0.1) is 0 Å². The molecule has 1 fully saturated rings. The van der Waals surface area contributed by atoms with Gasteiger partial charge >= 0.3 is 5.97 Å². The minimum absolute atomic E-state index is 0.0267. The molecule has 1 aliphatic rings. The van der Waals surface area contributed by atoms with Gasteiger partial charge in [-0.2, -0.15) is 4.31 Å². The number of pyridine rings is 1. The summed E-state index contributed by atoms with van der Waals surface area (Å²) in [6.07, 6.45) is 2.13. The van der Waals surface area contributed by atoms with Crippen LogP contribution >= 0.6 is 0 Å². The lowest BCUT2D eigenvalue weighted by molar-refractivity contribution is 0.0162. The molecule has 16 heteroatoms. The summed E-state index contributed by atoms with van der Waals surface area (Å²) in [4.78, 5) is 45.4. The van der Waals surface area contributed by atoms with Crippen LogP contribution < -0.4 is 16.0 Å². The molecule has 15 nitrogen and oxygen atoms in total. The van der Waals surface area contributed by atoms with Crippen LogP contribution in [0.25, 0.3) is 0 Å². The number of nitrogens with zero attached hydrogens (tertiary/aromatic N) is 3. The highest BCUT2D eigenvalue weighted by molar-refractivity contribution is 7.89. The number of benzene rings is 2. The summed E-state index contributed by atoms with van der Waals surface area (Å²) in [7, 11) is -2.43. The summed E-state index contributed by atoms with van der Waals surface area (Å²) in [6.45, 7) is 9.23. The number of carbonyl (C=O) groups excluding carboxylic acids is 3. The zero-order chi connectivity index (χ0) is 39.5. The maximum atomic E-state index is 13.7. The third-order valence-corrected chi connectivity index (χ3v) is 10.9. The van der Waals surface area contributed by atoms with E-state index in [0.717, 1.165) is 18.7 Å². The number of hydrogen-bond acceptors (Lipinski definition) is 12. The maximum absolute atomic E-state index is 13.7. The van der Waals surface area contributed by atoms with E-state index in [1.165, 1.54) is 34.8 Å². The van der Waals surface area contributed by atoms with E-state index >= 15 is 0 Å². The van der Waals surface area contributed by atoms with E-state index in [1.807, 2.05) is 37.3 Å². The number of hydrogen-bond donors (Lipinski definition) is 3. The topological polar surface area (TPSA) is 178 Å². The van der Waals surface area contributed by atoms with Crippen molar-refractivity contribution in [2.45, 2.75) is 37.6 Å². The standard InChI is InChI=1S/C39H54N6O9S/c1-4-45(55(49,50)32-14-16-34(40-18-24-51-3)33(27-32)37(46)41-17-9-22-52-5-2)19-10-23-54-39(48)31-13-15-35(42-28-31)38(47)43-29-36(30-11-7-6-8-12-30)44-20-25-53-26-21-44/h6-8,11-16,27-28,36,40H,4-5,9-10,17-26,29H2,1-3H3,(H,41,46)(H,43,47). The first-order valence-corrected chi connectivity index (χ1v) is 20.1. The quantitative estimate of drug-likeness (QED) is 0.0946. The molecule has 2 aromatic carbocycles. The van der Waals surface area contributed by atoms with Crippen molar-refractivity contribution in [3.63, 3.8) is 0 Å². The molecule has 1 aromatic heterocycles. The number of sulfonamides is 1. The van der Waals surface area contributed by atoms with Crippen molar-refractivity contribution in [3.8, 4) is 0 Å². The summed E-state index contributed by atoms with van der Waals surface area (Å²) < 4.78 is 50.0. The van der Waals surface area contributed by atoms with Crippen molar-refractivity contribution in [2.75, 3.05) is 97.9 Å². The highest BCUT2D eigenvalue weighted by Crippen LogP contribution is 2.24. The molecule has 1 unspecified atom stereocenters. The average Bonchev–Trinajstić information content (AvgIpc) is 3.21. The number of anilines is 1. The number of nitrogens with one attached hydrogen (secondary N) is 3. The summed E-state index contributed by atoms with van der Waals surface area (Å²) in [5, 5.41) is 8.94. The van der Waals surface area contributed by atoms with Gasteiger partial charge in [-0.15, -0.1) is 0 Å². The van der Waals surface area contributed by atoms with Crippen LogP contribution in [0.15, 0.2) is 71.8 Å². The van der Waals surface area contributed by atoms with Gasteiger partial charge in [0.1, 0.15) is 5.69 Å². The zero-order valence-electron chi connectivity index (χ0n) is 32.0. The van der Waals surface area contributed by atoms with Crippen LogP contribution in [-0.2, 0) is 29.0 Å². The molecule has 2 amide bonds. The molecular formula is C39H54N6O9S. The van der Waals surface area contributed by atoms with Crippen molar-refractivity contribution in [2.24, 2.45) is 0 Å². The van der Waals surface area contributed by atoms with Crippen LogP contribution in [0.3, 0.4) is 0 Å². The second-order valence-corrected chi connectivity index (χ2v) is 14.6. The van der Waals surface area contributed by atoms with E-state index in [-0.39, 0.29) is 59.8 Å². The molecule has 0 saturated carbocycles. The second-order valence-electron chi connectivity index (χ2n) is 12.6. The number of esters is 1. The largest absolute Gasteiger partial charge is 0.462 e. The fraction of sp³-hybridized carbons (Fsp3) is 0.487. The van der Waals surface area contributed by atoms with Gasteiger partial charge in [0, 0.05) is 78.0 Å². The number of rotatable bonds is 23. The van der Waals surface area contributed by atoms with Crippen LogP contribution in [0.4, 0.5) is 5.69 Å². The zero-order valence-corrected chi connectivity index (χ0v) is 32.8. The normalized spacial score (nSPS) is 14.0. The van der Waals surface area contributed by atoms with Crippen molar-refractivity contribution in [3.05, 3.63) is 89.2 Å². The van der Waals surface area contributed by atoms with Crippen molar-refractivity contribution in [1.82, 2.24) is 24.8 Å². The third-order valence-electron chi connectivity index (χ3n) is 8.95. The first-order valence-electron chi connectivity index (χ1n) is 18.7. The van der Waals surface area contributed by atoms with E-state index in [9.17, 15) is 22.8 Å². The van der Waals surface area contributed by atoms with Crippen LogP contribution in [0.2, 0.25) is 0 Å². The third kappa shape index (κ3) is 13.1. The summed E-state index contributed by atoms with van der Waals surface area (Å²) in [5.74, 6) is -1.42. The van der Waals surface area contributed by atoms with Crippen molar-refractivity contribution in [1.29, 1.82) is 0 Å². The Bertz CT molecular complexity index is 1760. The lowest BCUT2D eigenvalue weighted by Gasteiger charge is -2.34. The Morgan fingerprint density at radius 2 is 1.71 bits per heavy atom. The van der Waals surface area contributed by atoms with Gasteiger partial charge in [-0.05, 0) is 55.7 Å². The molecule has 0 aliphatic carbocycles. The molecule has 1 saturated heterocycles. The molecule has 0 radical (unpaired) electrons. The number of amides is 2. The molecule has 1 aliphatic heterocycles. The number of aromatic nitrogens is 1. The maximum Gasteiger partial charge on any atom is 0.339 e. The molecule has 55 heavy (non-hydrogen) atoms. The summed E-state index contributed by atoms with van der Waals surface area (Å²) in [5.41, 5.74) is 2.09. The fourth-order valence-electron chi connectivity index (χ4n) is 5.97. The highest BCUT2D eigenvalue weighted by Gasteiger charge is 2.26. The number of methoxy groups -OCH3 is 1. The number of ether oxygens (including phenoxy) is 4. The lowest BCUT2D eigenvalue weighted by Crippen LogP contribution is -2.43. The van der Waals surface area contributed by atoms with Crippen molar-refractivity contribution >= 4 is 33.5 Å². The van der Waals surface area contributed by atoms with E-state index in [2.05, 4.69) is 25.8 Å². The Morgan fingerprint density at radius 1 is 0.927 bits per heavy atom. The first-order chi connectivity index (χ1) is 26.7. The van der Waals surface area contributed by atoms with Gasteiger partial charge in [0.2, 0.25) is 10.0 Å². The van der Waals surface area contributed by atoms with Gasteiger partial charge in [0.25, 0.3) is 11.8 Å². The minimum atomic E-state index is -4.00. The second kappa shape index (κ2) is 22.8. The molecule has 300 valence electrons. The van der Waals surface area contributed by atoms with Crippen LogP contribution in [0.1, 0.15) is 69.5 Å². The number of carbonyl (C=O) groups is 3. The van der Waals surface area contributed by atoms with Gasteiger partial charge in [-0.3, -0.25) is 19.5 Å². The Balaban J connectivity index is 1.30. The van der Waals surface area contributed by atoms with Crippen LogP contribution in [0.5, 0.6) is 0 Å². The summed E-state index contributed by atoms with van der Waals surface area (Å²) >= 11 is 0. The SMILES string of the molecule is CCOCCCNC(=O)c1cc(S(=O)(=O)N(CC)CCCOC(=O)c2ccc(C(=O)NCC(c3ccccc3)N3CCOCC3)nc2)ccc1NCCOC. The molecular weight excluding hydrogens is 729 g/mol. The first kappa shape index (κ1) is 43.3. The van der Waals surface area contributed by atoms with Gasteiger partial charge in [-0.25, -0.2) is 13.2 Å². The van der Waals surface area contributed by atoms with Crippen molar-refractivity contribution < 1.29 is 41.7 Å². The van der Waals surface area contributed by atoms with E-state index in [1.54, 1.807) is 20.1 Å². The smallest absolute Gasteiger partial charge is 0.339 e. The Hall–Kier alpha value is -4.45. The fourth-order valence-corrected chi connectivity index (χ4v) is 7.48. The lowest BCUT2D eigenvalue weighted by atomic mass is 10.0. The predicted molar refractivity (Wildman–Crippen MR) is 208 cm³/mol. The van der Waals surface area contributed by atoms with Crippen LogP contribution in [-0.4, -0.2) is 133 Å². The molecule has 3 aromatic rings. The molecule has 0 bridgehead atoms. The van der Waals surface area contributed by atoms with E-state index in [0.29, 0.717) is 64.8 Å². The van der Waals surface area contributed by atoms with Gasteiger partial charge in [0.15, 0.2) is 0 Å². The summed E-state index contributed by atoms with van der Waals surface area (Å²) in [6, 6.07) is 17.3. The molecule has 0 spiro atoms. The molecule has 2 heterocycles. The predicted octanol–water partition coefficient (Wildman–Crippen LogP) is 3.36. The number of morpholine rings is 1. The molecule has 3 N–H and O–H groups in total. The Kier molecular flexibility index (Phi) is 18.0. The Morgan fingerprint density at radius 3 is 2.40 bits per heavy atom. The minimum Gasteiger partial charge on any atom is -0.462 e. The highest BCUT2D eigenvalue weighted by atomic mass is 32.2. The molecule has 1 atom stereocenters. The van der Waals surface area contributed by atoms with E-state index in [4.69, 9.17) is 18.9 Å². The van der Waals surface area contributed by atoms with Gasteiger partial charge < -0.3 is 34.9 Å². The monoisotopic (exact) mass is 782 g/mol. The van der Waals surface area contributed by atoms with Gasteiger partial charge in [-0.1, -0.05) is 37.3 Å². The van der Waals surface area contributed by atoms with E-state index < -0.39 is 21.9 Å². The average molecular weight is 783 g/mol.